The van der Waals surface area contributed by atoms with E-state index in [0.717, 1.165) is 54.6 Å². The van der Waals surface area contributed by atoms with Gasteiger partial charge in [0, 0.05) is 15.4 Å². The number of thiophene rings is 1. The summed E-state index contributed by atoms with van der Waals surface area (Å²) in [6, 6.07) is 9.35. The highest BCUT2D eigenvalue weighted by molar-refractivity contribution is 9.10. The third kappa shape index (κ3) is 4.79. The second-order valence-corrected chi connectivity index (χ2v) is 11.2. The lowest BCUT2D eigenvalue weighted by Crippen LogP contribution is -2.23. The van der Waals surface area contributed by atoms with Crippen molar-refractivity contribution < 1.29 is 13.6 Å². The van der Waals surface area contributed by atoms with Crippen LogP contribution in [0, 0.1) is 18.6 Å². The monoisotopic (exact) mass is 575 g/mol. The lowest BCUT2D eigenvalue weighted by atomic mass is 9.97. The molecule has 0 spiro atoms. The van der Waals surface area contributed by atoms with Gasteiger partial charge in [-0.1, -0.05) is 29.5 Å². The highest BCUT2D eigenvalue weighted by Gasteiger charge is 2.23. The number of nitrogens with one attached hydrogen (secondary N) is 1. The summed E-state index contributed by atoms with van der Waals surface area (Å²) in [5.41, 5.74) is 2.54. The summed E-state index contributed by atoms with van der Waals surface area (Å²) in [4.78, 5) is 33.1. The van der Waals surface area contributed by atoms with Gasteiger partial charge in [-0.2, -0.15) is 0 Å². The molecule has 0 atom stereocenters. The van der Waals surface area contributed by atoms with Gasteiger partial charge in [0.1, 0.15) is 10.6 Å². The highest BCUT2D eigenvalue weighted by Crippen LogP contribution is 2.35. The first kappa shape index (κ1) is 24.1. The van der Waals surface area contributed by atoms with Gasteiger partial charge in [0.15, 0.2) is 11.0 Å². The molecule has 1 amide bonds. The van der Waals surface area contributed by atoms with E-state index in [9.17, 15) is 18.4 Å². The Hall–Kier alpha value is -2.56. The Bertz CT molecular complexity index is 1490. The van der Waals surface area contributed by atoms with Crippen molar-refractivity contribution in [2.24, 2.45) is 0 Å². The van der Waals surface area contributed by atoms with Crippen molar-refractivity contribution in [2.75, 3.05) is 11.1 Å². The fourth-order valence-corrected chi connectivity index (χ4v) is 6.79. The van der Waals surface area contributed by atoms with E-state index in [1.54, 1.807) is 15.9 Å². The van der Waals surface area contributed by atoms with Crippen LogP contribution in [0.2, 0.25) is 0 Å². The summed E-state index contributed by atoms with van der Waals surface area (Å²) in [5.74, 6) is -2.25. The fourth-order valence-electron chi connectivity index (χ4n) is 4.17. The van der Waals surface area contributed by atoms with Gasteiger partial charge in [-0.3, -0.25) is 14.2 Å². The lowest BCUT2D eigenvalue weighted by Gasteiger charge is -2.14. The first-order valence-electron chi connectivity index (χ1n) is 11.0. The second kappa shape index (κ2) is 9.83. The molecular weight excluding hydrogens is 556 g/mol. The van der Waals surface area contributed by atoms with Gasteiger partial charge < -0.3 is 5.32 Å². The molecule has 35 heavy (non-hydrogen) atoms. The zero-order chi connectivity index (χ0) is 24.7. The summed E-state index contributed by atoms with van der Waals surface area (Å²) in [5, 5.41) is 3.52. The second-order valence-electron chi connectivity index (χ2n) is 8.34. The van der Waals surface area contributed by atoms with Crippen molar-refractivity contribution in [1.29, 1.82) is 0 Å². The zero-order valence-electron chi connectivity index (χ0n) is 18.7. The maximum Gasteiger partial charge on any atom is 0.267 e. The molecule has 0 saturated heterocycles. The minimum absolute atomic E-state index is 0.105. The number of aromatic nitrogens is 2. The number of nitrogens with zero attached hydrogens (tertiary/aromatic N) is 2. The molecule has 1 aliphatic carbocycles. The van der Waals surface area contributed by atoms with Crippen LogP contribution in [0.5, 0.6) is 0 Å². The van der Waals surface area contributed by atoms with Crippen molar-refractivity contribution in [3.05, 3.63) is 78.9 Å². The average Bonchev–Trinajstić information content (AvgIpc) is 3.19. The van der Waals surface area contributed by atoms with Gasteiger partial charge in [-0.25, -0.2) is 13.8 Å². The molecule has 5 rings (SSSR count). The molecule has 180 valence electrons. The van der Waals surface area contributed by atoms with E-state index in [2.05, 4.69) is 21.2 Å². The molecule has 5 nitrogen and oxygen atoms in total. The van der Waals surface area contributed by atoms with Gasteiger partial charge in [-0.05, 0) is 72.3 Å². The van der Waals surface area contributed by atoms with Crippen LogP contribution < -0.4 is 10.9 Å². The van der Waals surface area contributed by atoms with Gasteiger partial charge in [0.05, 0.1) is 22.5 Å². The molecule has 1 aliphatic rings. The van der Waals surface area contributed by atoms with Crippen LogP contribution in [0.3, 0.4) is 0 Å². The van der Waals surface area contributed by atoms with Crippen molar-refractivity contribution >= 4 is 60.8 Å². The van der Waals surface area contributed by atoms with Crippen molar-refractivity contribution in [3.8, 4) is 5.69 Å². The van der Waals surface area contributed by atoms with Gasteiger partial charge in [-0.15, -0.1) is 11.3 Å². The predicted octanol–water partition coefficient (Wildman–Crippen LogP) is 6.41. The van der Waals surface area contributed by atoms with Crippen LogP contribution >= 0.6 is 39.0 Å². The van der Waals surface area contributed by atoms with Gasteiger partial charge in [0.25, 0.3) is 5.56 Å². The van der Waals surface area contributed by atoms with E-state index in [-0.39, 0.29) is 21.5 Å². The number of thioether (sulfide) groups is 1. The molecule has 10 heteroatoms. The molecule has 2 aromatic carbocycles. The molecule has 0 fully saturated rings. The molecule has 0 bridgehead atoms. The fraction of sp³-hybridized carbons (Fsp3) is 0.240. The topological polar surface area (TPSA) is 64.0 Å². The number of hydrogen-bond acceptors (Lipinski definition) is 5. The minimum Gasteiger partial charge on any atom is -0.322 e. The standard InChI is InChI=1S/C25H20BrF2N3O2S2/c1-13-6-8-15(9-7-13)31-24(33)21-16-4-2-3-5-19(16)35-23(21)30-25(31)34-12-20(32)29-22-17(26)10-14(27)11-18(22)28/h6-11H,2-5,12H2,1H3,(H,29,32). The predicted molar refractivity (Wildman–Crippen MR) is 140 cm³/mol. The van der Waals surface area contributed by atoms with E-state index in [0.29, 0.717) is 27.1 Å². The van der Waals surface area contributed by atoms with Crippen LogP contribution in [0.4, 0.5) is 14.5 Å². The highest BCUT2D eigenvalue weighted by atomic mass is 79.9. The third-order valence-corrected chi connectivity index (χ3v) is 8.60. The van der Waals surface area contributed by atoms with E-state index in [4.69, 9.17) is 4.98 Å². The maximum absolute atomic E-state index is 14.1. The Morgan fingerprint density at radius 2 is 1.94 bits per heavy atom. The van der Waals surface area contributed by atoms with Gasteiger partial charge >= 0.3 is 0 Å². The molecule has 2 heterocycles. The number of anilines is 1. The molecular formula is C25H20BrF2N3O2S2. The number of benzene rings is 2. The van der Waals surface area contributed by atoms with Crippen molar-refractivity contribution in [1.82, 2.24) is 9.55 Å². The molecule has 1 N–H and O–H groups in total. The Morgan fingerprint density at radius 3 is 2.69 bits per heavy atom. The number of rotatable bonds is 5. The molecule has 2 aromatic heterocycles. The normalized spacial score (nSPS) is 13.1. The van der Waals surface area contributed by atoms with Crippen LogP contribution in [0.25, 0.3) is 15.9 Å². The van der Waals surface area contributed by atoms with Crippen molar-refractivity contribution in [3.63, 3.8) is 0 Å². The van der Waals surface area contributed by atoms with Crippen molar-refractivity contribution in [2.45, 2.75) is 37.8 Å². The summed E-state index contributed by atoms with van der Waals surface area (Å²) < 4.78 is 29.2. The Labute approximate surface area is 216 Å². The smallest absolute Gasteiger partial charge is 0.267 e. The number of fused-ring (bicyclic) bond motifs is 3. The zero-order valence-corrected chi connectivity index (χ0v) is 21.9. The van der Waals surface area contributed by atoms with Crippen LogP contribution in [0.1, 0.15) is 28.8 Å². The Morgan fingerprint density at radius 1 is 1.20 bits per heavy atom. The summed E-state index contributed by atoms with van der Waals surface area (Å²) >= 11 is 5.72. The van der Waals surface area contributed by atoms with Crippen LogP contribution in [-0.4, -0.2) is 21.2 Å². The molecule has 0 aliphatic heterocycles. The number of amides is 1. The average molecular weight is 576 g/mol. The third-order valence-electron chi connectivity index (χ3n) is 5.85. The number of carbonyl (C=O) groups is 1. The molecule has 4 aromatic rings. The first-order valence-corrected chi connectivity index (χ1v) is 13.6. The SMILES string of the molecule is Cc1ccc(-n2c(SCC(=O)Nc3c(F)cc(F)cc3Br)nc3sc4c(c3c2=O)CCCC4)cc1. The molecule has 0 saturated carbocycles. The molecule has 0 unspecified atom stereocenters. The summed E-state index contributed by atoms with van der Waals surface area (Å²) in [6.07, 6.45) is 3.97. The van der Waals surface area contributed by atoms with E-state index in [1.165, 1.54) is 4.88 Å². The first-order chi connectivity index (χ1) is 16.8. The number of carbonyl (C=O) groups excluding carboxylic acids is 1. The summed E-state index contributed by atoms with van der Waals surface area (Å²) in [6.45, 7) is 1.97. The van der Waals surface area contributed by atoms with Gasteiger partial charge in [0.2, 0.25) is 5.91 Å². The van der Waals surface area contributed by atoms with Crippen LogP contribution in [-0.2, 0) is 17.6 Å². The van der Waals surface area contributed by atoms with E-state index >= 15 is 0 Å². The largest absolute Gasteiger partial charge is 0.322 e. The maximum atomic E-state index is 14.1. The number of aryl methyl sites for hydroxylation is 3. The lowest BCUT2D eigenvalue weighted by molar-refractivity contribution is -0.113. The summed E-state index contributed by atoms with van der Waals surface area (Å²) in [7, 11) is 0. The van der Waals surface area contributed by atoms with E-state index < -0.39 is 17.5 Å². The van der Waals surface area contributed by atoms with E-state index in [1.807, 2.05) is 31.2 Å². The van der Waals surface area contributed by atoms with Crippen LogP contribution in [0.15, 0.2) is 50.8 Å². The molecule has 0 radical (unpaired) electrons. The minimum atomic E-state index is -0.879. The number of halogens is 3. The number of hydrogen-bond donors (Lipinski definition) is 1. The Kier molecular flexibility index (Phi) is 6.78. The Balaban J connectivity index is 1.51. The quantitative estimate of drug-likeness (QED) is 0.221.